The van der Waals surface area contributed by atoms with Crippen LogP contribution in [-0.4, -0.2) is 16.2 Å². The van der Waals surface area contributed by atoms with Crippen LogP contribution < -0.4 is 5.63 Å². The predicted molar refractivity (Wildman–Crippen MR) is 87.3 cm³/mol. The van der Waals surface area contributed by atoms with Crippen molar-refractivity contribution in [3.05, 3.63) is 76.8 Å². The molecular formula is C18H12O6. The van der Waals surface area contributed by atoms with Crippen LogP contribution in [0.25, 0.3) is 21.9 Å². The fourth-order valence-electron chi connectivity index (χ4n) is 2.18. The topological polar surface area (TPSA) is 101 Å². The predicted octanol–water partition coefficient (Wildman–Crippen LogP) is 3.63. The maximum atomic E-state index is 11.0. The van der Waals surface area contributed by atoms with E-state index in [1.807, 2.05) is 12.1 Å². The van der Waals surface area contributed by atoms with Gasteiger partial charge in [-0.15, -0.1) is 0 Å². The fraction of sp³-hybridized carbons (Fsp3) is 0. The summed E-state index contributed by atoms with van der Waals surface area (Å²) < 4.78 is 10.2. The highest BCUT2D eigenvalue weighted by molar-refractivity contribution is 5.92. The number of carboxylic acid groups (broad SMARTS) is 1. The van der Waals surface area contributed by atoms with Gasteiger partial charge < -0.3 is 19.0 Å². The summed E-state index contributed by atoms with van der Waals surface area (Å²) in [4.78, 5) is 21.2. The molecule has 0 aliphatic rings. The van der Waals surface area contributed by atoms with Crippen molar-refractivity contribution < 1.29 is 23.8 Å². The summed E-state index contributed by atoms with van der Waals surface area (Å²) in [6.07, 6.45) is 1.61. The van der Waals surface area contributed by atoms with Gasteiger partial charge in [-0.3, -0.25) is 0 Å². The molecule has 2 heterocycles. The standard InChI is InChI=1S/C11H6O3.C7H6O3/c12-11-2-1-7-5-8-3-4-13-9(8)6-10(7)14-11;8-6-4-2-1-3-5(6)7(9)10/h1-6H;1-4,8H,(H,9,10). The van der Waals surface area contributed by atoms with E-state index in [0.29, 0.717) is 5.58 Å². The number of fused-ring (bicyclic) bond motifs is 2. The second-order valence-corrected chi connectivity index (χ2v) is 4.93. The highest BCUT2D eigenvalue weighted by atomic mass is 16.4. The van der Waals surface area contributed by atoms with Crippen LogP contribution in [-0.2, 0) is 0 Å². The number of furan rings is 1. The smallest absolute Gasteiger partial charge is 0.339 e. The van der Waals surface area contributed by atoms with Crippen molar-refractivity contribution in [1.29, 1.82) is 0 Å². The third-order valence-electron chi connectivity index (χ3n) is 3.33. The van der Waals surface area contributed by atoms with Crippen LogP contribution >= 0.6 is 0 Å². The van der Waals surface area contributed by atoms with Crippen molar-refractivity contribution >= 4 is 27.9 Å². The lowest BCUT2D eigenvalue weighted by Gasteiger charge is -1.95. The molecule has 4 rings (SSSR count). The molecule has 0 fully saturated rings. The summed E-state index contributed by atoms with van der Waals surface area (Å²) >= 11 is 0. The Bertz CT molecular complexity index is 1070. The molecule has 0 unspecified atom stereocenters. The van der Waals surface area contributed by atoms with Gasteiger partial charge in [-0.2, -0.15) is 0 Å². The van der Waals surface area contributed by atoms with Gasteiger partial charge in [0.25, 0.3) is 0 Å². The number of hydrogen-bond donors (Lipinski definition) is 2. The first-order valence-electron chi connectivity index (χ1n) is 6.97. The van der Waals surface area contributed by atoms with Gasteiger partial charge in [0, 0.05) is 22.9 Å². The molecule has 6 heteroatoms. The summed E-state index contributed by atoms with van der Waals surface area (Å²) in [6, 6.07) is 14.5. The number of carbonyl (C=O) groups is 1. The van der Waals surface area contributed by atoms with Gasteiger partial charge in [-0.05, 0) is 30.3 Å². The van der Waals surface area contributed by atoms with Crippen molar-refractivity contribution in [2.24, 2.45) is 0 Å². The lowest BCUT2D eigenvalue weighted by atomic mass is 10.2. The van der Waals surface area contributed by atoms with Crippen LogP contribution in [0, 0.1) is 0 Å². The maximum absolute atomic E-state index is 11.0. The minimum atomic E-state index is -1.11. The van der Waals surface area contributed by atoms with E-state index in [9.17, 15) is 9.59 Å². The molecular weight excluding hydrogens is 312 g/mol. The minimum Gasteiger partial charge on any atom is -0.507 e. The number of benzene rings is 2. The molecule has 2 N–H and O–H groups in total. The maximum Gasteiger partial charge on any atom is 0.339 e. The van der Waals surface area contributed by atoms with Gasteiger partial charge in [0.1, 0.15) is 22.5 Å². The van der Waals surface area contributed by atoms with Crippen LogP contribution in [0.2, 0.25) is 0 Å². The van der Waals surface area contributed by atoms with Gasteiger partial charge in [-0.25, -0.2) is 9.59 Å². The lowest BCUT2D eigenvalue weighted by molar-refractivity contribution is 0.0693. The van der Waals surface area contributed by atoms with Crippen LogP contribution in [0.1, 0.15) is 10.4 Å². The monoisotopic (exact) mass is 324 g/mol. The molecule has 2 aromatic carbocycles. The summed E-state index contributed by atoms with van der Waals surface area (Å²) in [5, 5.41) is 19.2. The number of carboxylic acids is 1. The Labute approximate surface area is 135 Å². The van der Waals surface area contributed by atoms with Gasteiger partial charge >= 0.3 is 11.6 Å². The molecule has 0 saturated heterocycles. The van der Waals surface area contributed by atoms with E-state index >= 15 is 0 Å². The average Bonchev–Trinajstić information content (AvgIpc) is 3.00. The first kappa shape index (κ1) is 15.4. The molecule has 24 heavy (non-hydrogen) atoms. The minimum absolute atomic E-state index is 0.0671. The summed E-state index contributed by atoms with van der Waals surface area (Å²) in [5.74, 6) is -1.31. The number of rotatable bonds is 1. The zero-order valence-corrected chi connectivity index (χ0v) is 12.3. The highest BCUT2D eigenvalue weighted by Gasteiger charge is 2.05. The Hall–Kier alpha value is -3.54. The number of aromatic carboxylic acids is 1. The lowest BCUT2D eigenvalue weighted by Crippen LogP contribution is -1.95. The molecule has 0 atom stereocenters. The summed E-state index contributed by atoms with van der Waals surface area (Å²) in [7, 11) is 0. The average molecular weight is 324 g/mol. The van der Waals surface area contributed by atoms with E-state index in [2.05, 4.69) is 0 Å². The van der Waals surface area contributed by atoms with Gasteiger partial charge in [0.05, 0.1) is 6.26 Å². The molecule has 0 spiro atoms. The molecule has 0 radical (unpaired) electrons. The van der Waals surface area contributed by atoms with E-state index in [-0.39, 0.29) is 16.9 Å². The SMILES string of the molecule is O=C(O)c1ccccc1O.O=c1ccc2cc3ccoc3cc2o1. The first-order valence-corrected chi connectivity index (χ1v) is 6.97. The Morgan fingerprint density at radius 2 is 1.67 bits per heavy atom. The largest absolute Gasteiger partial charge is 0.507 e. The fourth-order valence-corrected chi connectivity index (χ4v) is 2.18. The third kappa shape index (κ3) is 3.12. The third-order valence-corrected chi connectivity index (χ3v) is 3.33. The number of para-hydroxylation sites is 1. The quantitative estimate of drug-likeness (QED) is 0.518. The summed E-state index contributed by atoms with van der Waals surface area (Å²) in [5.41, 5.74) is 0.873. The number of hydrogen-bond acceptors (Lipinski definition) is 5. The van der Waals surface area contributed by atoms with Gasteiger partial charge in [0.15, 0.2) is 0 Å². The van der Waals surface area contributed by atoms with Crippen molar-refractivity contribution in [2.75, 3.05) is 0 Å². The van der Waals surface area contributed by atoms with E-state index in [1.54, 1.807) is 30.5 Å². The van der Waals surface area contributed by atoms with Crippen molar-refractivity contribution in [1.82, 2.24) is 0 Å². The van der Waals surface area contributed by atoms with Crippen LogP contribution in [0.4, 0.5) is 0 Å². The van der Waals surface area contributed by atoms with Gasteiger partial charge in [-0.1, -0.05) is 12.1 Å². The van der Waals surface area contributed by atoms with E-state index in [0.717, 1.165) is 16.4 Å². The molecule has 0 aliphatic carbocycles. The molecule has 120 valence electrons. The molecule has 6 nitrogen and oxygen atoms in total. The van der Waals surface area contributed by atoms with Crippen LogP contribution in [0.3, 0.4) is 0 Å². The molecule has 0 bridgehead atoms. The van der Waals surface area contributed by atoms with Gasteiger partial charge in [0.2, 0.25) is 0 Å². The second-order valence-electron chi connectivity index (χ2n) is 4.93. The summed E-state index contributed by atoms with van der Waals surface area (Å²) in [6.45, 7) is 0. The highest BCUT2D eigenvalue weighted by Crippen LogP contribution is 2.22. The Morgan fingerprint density at radius 1 is 0.917 bits per heavy atom. The zero-order valence-electron chi connectivity index (χ0n) is 12.3. The van der Waals surface area contributed by atoms with E-state index in [4.69, 9.17) is 19.0 Å². The number of aromatic hydroxyl groups is 1. The number of phenols is 1. The Balaban J connectivity index is 0.000000150. The van der Waals surface area contributed by atoms with E-state index in [1.165, 1.54) is 18.2 Å². The Kier molecular flexibility index (Phi) is 4.03. The Morgan fingerprint density at radius 3 is 2.38 bits per heavy atom. The van der Waals surface area contributed by atoms with Crippen molar-refractivity contribution in [3.8, 4) is 5.75 Å². The molecule has 0 saturated carbocycles. The molecule has 4 aromatic rings. The molecule has 0 amide bonds. The van der Waals surface area contributed by atoms with E-state index < -0.39 is 5.97 Å². The molecule has 0 aliphatic heterocycles. The van der Waals surface area contributed by atoms with Crippen molar-refractivity contribution in [3.63, 3.8) is 0 Å². The molecule has 2 aromatic heterocycles. The normalized spacial score (nSPS) is 10.3. The van der Waals surface area contributed by atoms with Crippen molar-refractivity contribution in [2.45, 2.75) is 0 Å². The second kappa shape index (κ2) is 6.29. The first-order chi connectivity index (χ1) is 11.5. The van der Waals surface area contributed by atoms with Crippen LogP contribution in [0.15, 0.2) is 74.5 Å². The van der Waals surface area contributed by atoms with Crippen LogP contribution in [0.5, 0.6) is 5.75 Å². The zero-order chi connectivity index (χ0) is 17.1.